The molecule has 5 fully saturated rings. The van der Waals surface area contributed by atoms with Crippen LogP contribution in [0, 0.1) is 28.6 Å². The summed E-state index contributed by atoms with van der Waals surface area (Å²) < 4.78 is 34.2. The number of nitrogens with zero attached hydrogens (tertiary/aromatic N) is 1. The molecule has 402 valence electrons. The number of likely N-dealkylation sites (tertiary alicyclic amines) is 1. The van der Waals surface area contributed by atoms with Crippen molar-refractivity contribution in [1.29, 1.82) is 0 Å². The maximum absolute atomic E-state index is 13.6. The molecule has 1 N–H and O–H groups in total. The standard InChI is InChI=1S/C56H96N2O12/c1-3-5-7-9-11-13-23-33-65-49(59)25-17-15-19-27-51(61)67-42-56(45-70-54(64)57-29-32-58-30-21-22-31-58,44-69-53(63)37-47-35-46-36-48-40-55(38-46,39-47)41-48)43-68-52(62)28-20-16-18-26-50(60)66-34-24-14-12-10-8-6-4-2/h46-48H,3-45H2,1-2H3,(H,57,64). The molecule has 1 amide bonds. The Hall–Kier alpha value is -3.42. The lowest BCUT2D eigenvalue weighted by molar-refractivity contribution is -0.166. The summed E-state index contributed by atoms with van der Waals surface area (Å²) in [4.78, 5) is 80.0. The maximum Gasteiger partial charge on any atom is 0.407 e. The summed E-state index contributed by atoms with van der Waals surface area (Å²) >= 11 is 0. The maximum atomic E-state index is 13.6. The van der Waals surface area contributed by atoms with Gasteiger partial charge in [0.05, 0.1) is 13.2 Å². The third-order valence-corrected chi connectivity index (χ3v) is 15.2. The van der Waals surface area contributed by atoms with Crippen LogP contribution >= 0.6 is 0 Å². The van der Waals surface area contributed by atoms with Crippen LogP contribution in [0.4, 0.5) is 4.79 Å². The van der Waals surface area contributed by atoms with E-state index in [1.54, 1.807) is 0 Å². The molecule has 1 aliphatic heterocycles. The predicted molar refractivity (Wildman–Crippen MR) is 270 cm³/mol. The van der Waals surface area contributed by atoms with Crippen molar-refractivity contribution in [2.24, 2.45) is 28.6 Å². The zero-order valence-corrected chi connectivity index (χ0v) is 44.0. The molecule has 2 unspecified atom stereocenters. The van der Waals surface area contributed by atoms with Crippen molar-refractivity contribution in [3.63, 3.8) is 0 Å². The van der Waals surface area contributed by atoms with E-state index in [1.165, 1.54) is 77.0 Å². The minimum absolute atomic E-state index is 0.0959. The summed E-state index contributed by atoms with van der Waals surface area (Å²) in [7, 11) is 0. The first-order valence-electron chi connectivity index (χ1n) is 28.4. The Balaban J connectivity index is 1.27. The quantitative estimate of drug-likeness (QED) is 0.0349. The number of hydrogen-bond donors (Lipinski definition) is 1. The Bertz CT molecular complexity index is 1450. The SMILES string of the molecule is CCCCCCCCCOC(=O)CCCCCC(=O)OCC(COC(=O)CCCCCC(=O)OCCCCCCCCC)(COC(=O)CC1CC2CC3CC(C1)(C2)C3)COC(=O)NCCN1CCCC1. The number of esters is 5. The van der Waals surface area contributed by atoms with Gasteiger partial charge in [-0.3, -0.25) is 24.0 Å². The van der Waals surface area contributed by atoms with Crippen LogP contribution in [0.3, 0.4) is 0 Å². The average molecular weight is 989 g/mol. The van der Waals surface area contributed by atoms with Crippen molar-refractivity contribution in [3.8, 4) is 0 Å². The number of amides is 1. The Morgan fingerprint density at radius 2 is 0.914 bits per heavy atom. The second kappa shape index (κ2) is 34.9. The first-order chi connectivity index (χ1) is 34.0. The molecule has 0 aromatic carbocycles. The van der Waals surface area contributed by atoms with Gasteiger partial charge < -0.3 is 38.6 Å². The van der Waals surface area contributed by atoms with Crippen molar-refractivity contribution in [3.05, 3.63) is 0 Å². The van der Waals surface area contributed by atoms with Crippen molar-refractivity contribution < 1.29 is 57.2 Å². The summed E-state index contributed by atoms with van der Waals surface area (Å²) in [5.74, 6) is -0.0468. The molecule has 0 aromatic heterocycles. The number of alkyl carbamates (subject to hydrolysis) is 1. The fraction of sp³-hybridized carbons (Fsp3) is 0.893. The van der Waals surface area contributed by atoms with E-state index in [0.717, 1.165) is 83.2 Å². The molecule has 1 heterocycles. The van der Waals surface area contributed by atoms with Crippen LogP contribution < -0.4 is 5.32 Å². The minimum atomic E-state index is -1.37. The van der Waals surface area contributed by atoms with Crippen molar-refractivity contribution in [1.82, 2.24) is 10.2 Å². The molecular formula is C56H96N2O12. The second-order valence-electron chi connectivity index (χ2n) is 21.9. The van der Waals surface area contributed by atoms with E-state index < -0.39 is 23.4 Å². The second-order valence-corrected chi connectivity index (χ2v) is 21.9. The van der Waals surface area contributed by atoms with Gasteiger partial charge in [0.25, 0.3) is 0 Å². The number of carbonyl (C=O) groups excluding carboxylic acids is 6. The van der Waals surface area contributed by atoms with Gasteiger partial charge in [0.15, 0.2) is 0 Å². The Morgan fingerprint density at radius 1 is 0.486 bits per heavy atom. The van der Waals surface area contributed by atoms with E-state index >= 15 is 0 Å². The zero-order chi connectivity index (χ0) is 50.1. The number of rotatable bonds is 41. The summed E-state index contributed by atoms with van der Waals surface area (Å²) in [6, 6.07) is 0. The van der Waals surface area contributed by atoms with Gasteiger partial charge in [-0.25, -0.2) is 4.79 Å². The molecule has 1 saturated heterocycles. The van der Waals surface area contributed by atoms with Crippen molar-refractivity contribution in [2.45, 2.75) is 226 Å². The van der Waals surface area contributed by atoms with E-state index in [-0.39, 0.29) is 82.4 Å². The summed E-state index contributed by atoms with van der Waals surface area (Å²) in [6.45, 7) is 7.12. The molecule has 14 heteroatoms. The normalized spacial score (nSPS) is 20.5. The van der Waals surface area contributed by atoms with Gasteiger partial charge in [0, 0.05) is 45.2 Å². The van der Waals surface area contributed by atoms with Crippen LogP contribution in [0.5, 0.6) is 0 Å². The largest absolute Gasteiger partial charge is 0.466 e. The van der Waals surface area contributed by atoms with E-state index in [2.05, 4.69) is 24.1 Å². The monoisotopic (exact) mass is 989 g/mol. The third kappa shape index (κ3) is 25.3. The molecule has 4 aliphatic carbocycles. The number of carbonyl (C=O) groups is 6. The third-order valence-electron chi connectivity index (χ3n) is 15.2. The Kier molecular flexibility index (Phi) is 29.5. The van der Waals surface area contributed by atoms with Gasteiger partial charge in [0.2, 0.25) is 0 Å². The highest BCUT2D eigenvalue weighted by Gasteiger charge is 2.54. The van der Waals surface area contributed by atoms with E-state index in [0.29, 0.717) is 76.2 Å². The van der Waals surface area contributed by atoms with E-state index in [4.69, 9.17) is 28.4 Å². The molecule has 3 bridgehead atoms. The molecule has 5 rings (SSSR count). The summed E-state index contributed by atoms with van der Waals surface area (Å²) in [6.07, 6.45) is 29.3. The fourth-order valence-electron chi connectivity index (χ4n) is 11.5. The van der Waals surface area contributed by atoms with Crippen LogP contribution in [-0.2, 0) is 52.4 Å². The Labute approximate surface area is 422 Å². The molecule has 0 radical (unpaired) electrons. The molecular weight excluding hydrogens is 893 g/mol. The van der Waals surface area contributed by atoms with Gasteiger partial charge in [0.1, 0.15) is 31.8 Å². The van der Waals surface area contributed by atoms with Gasteiger partial charge in [-0.2, -0.15) is 0 Å². The smallest absolute Gasteiger partial charge is 0.407 e. The molecule has 14 nitrogen and oxygen atoms in total. The lowest BCUT2D eigenvalue weighted by atomic mass is 9.45. The number of ether oxygens (including phenoxy) is 6. The van der Waals surface area contributed by atoms with Crippen molar-refractivity contribution in [2.75, 3.05) is 65.8 Å². The summed E-state index contributed by atoms with van der Waals surface area (Å²) in [5, 5.41) is 2.81. The minimum Gasteiger partial charge on any atom is -0.466 e. The van der Waals surface area contributed by atoms with Crippen LogP contribution in [-0.4, -0.2) is 107 Å². The van der Waals surface area contributed by atoms with Crippen LogP contribution in [0.2, 0.25) is 0 Å². The van der Waals surface area contributed by atoms with Crippen LogP contribution in [0.15, 0.2) is 0 Å². The van der Waals surface area contributed by atoms with Gasteiger partial charge in [-0.1, -0.05) is 104 Å². The number of unbranched alkanes of at least 4 members (excludes halogenated alkanes) is 16. The first kappa shape index (κ1) is 59.1. The molecule has 4 saturated carbocycles. The highest BCUT2D eigenvalue weighted by atomic mass is 16.6. The lowest BCUT2D eigenvalue weighted by Crippen LogP contribution is -2.50. The molecule has 5 aliphatic rings. The zero-order valence-electron chi connectivity index (χ0n) is 44.0. The van der Waals surface area contributed by atoms with Crippen LogP contribution in [0.25, 0.3) is 0 Å². The predicted octanol–water partition coefficient (Wildman–Crippen LogP) is 11.5. The topological polar surface area (TPSA) is 173 Å². The highest BCUT2D eigenvalue weighted by molar-refractivity contribution is 5.71. The lowest BCUT2D eigenvalue weighted by Gasteiger charge is -2.60. The molecule has 1 spiro atoms. The highest BCUT2D eigenvalue weighted by Crippen LogP contribution is 2.64. The Morgan fingerprint density at radius 3 is 1.41 bits per heavy atom. The summed E-state index contributed by atoms with van der Waals surface area (Å²) in [5.41, 5.74) is -0.986. The fourth-order valence-corrected chi connectivity index (χ4v) is 11.5. The first-order valence-corrected chi connectivity index (χ1v) is 28.4. The number of nitrogens with one attached hydrogen (secondary N) is 1. The van der Waals surface area contributed by atoms with Gasteiger partial charge >= 0.3 is 35.9 Å². The van der Waals surface area contributed by atoms with Gasteiger partial charge in [-0.05, 0) is 126 Å². The number of hydrogen-bond acceptors (Lipinski definition) is 13. The van der Waals surface area contributed by atoms with Crippen LogP contribution in [0.1, 0.15) is 226 Å². The molecule has 70 heavy (non-hydrogen) atoms. The molecule has 2 atom stereocenters. The van der Waals surface area contributed by atoms with Gasteiger partial charge in [-0.15, -0.1) is 0 Å². The van der Waals surface area contributed by atoms with E-state index in [9.17, 15) is 28.8 Å². The average Bonchev–Trinajstić information content (AvgIpc) is 3.85. The van der Waals surface area contributed by atoms with Crippen molar-refractivity contribution >= 4 is 35.9 Å². The molecule has 0 aromatic rings. The van der Waals surface area contributed by atoms with E-state index in [1.807, 2.05) is 0 Å².